The molecule has 0 amide bonds. The van der Waals surface area contributed by atoms with Crippen molar-refractivity contribution in [3.05, 3.63) is 34.2 Å². The molecular formula is C17H20O6. The third-order valence-electron chi connectivity index (χ3n) is 3.63. The lowest BCUT2D eigenvalue weighted by molar-refractivity contribution is -0.140. The molecule has 0 aliphatic carbocycles. The van der Waals surface area contributed by atoms with Crippen LogP contribution >= 0.6 is 0 Å². The van der Waals surface area contributed by atoms with Gasteiger partial charge >= 0.3 is 5.97 Å². The van der Waals surface area contributed by atoms with E-state index in [1.807, 2.05) is 0 Å². The first-order valence-electron chi connectivity index (χ1n) is 7.57. The van der Waals surface area contributed by atoms with E-state index in [-0.39, 0.29) is 33.9 Å². The highest BCUT2D eigenvalue weighted by atomic mass is 16.5. The number of unbranched alkanes of at least 4 members (excludes halogenated alkanes) is 3. The summed E-state index contributed by atoms with van der Waals surface area (Å²) in [6.07, 6.45) is 4.40. The van der Waals surface area contributed by atoms with E-state index in [0.717, 1.165) is 31.7 Å². The number of benzene rings is 1. The molecule has 0 saturated carbocycles. The van der Waals surface area contributed by atoms with Crippen molar-refractivity contribution in [3.8, 4) is 11.5 Å². The molecule has 0 atom stereocenters. The number of phenols is 2. The van der Waals surface area contributed by atoms with Gasteiger partial charge in [0.2, 0.25) is 0 Å². The van der Waals surface area contributed by atoms with Crippen LogP contribution in [-0.2, 0) is 16.0 Å². The van der Waals surface area contributed by atoms with Crippen LogP contribution in [0.3, 0.4) is 0 Å². The summed E-state index contributed by atoms with van der Waals surface area (Å²) in [7, 11) is 1.37. The molecule has 0 unspecified atom stereocenters. The van der Waals surface area contributed by atoms with Crippen molar-refractivity contribution in [1.82, 2.24) is 0 Å². The number of esters is 1. The van der Waals surface area contributed by atoms with Crippen LogP contribution in [0.4, 0.5) is 0 Å². The average molecular weight is 320 g/mol. The molecule has 23 heavy (non-hydrogen) atoms. The normalized spacial score (nSPS) is 10.8. The Bertz CT molecular complexity index is 747. The summed E-state index contributed by atoms with van der Waals surface area (Å²) in [5, 5.41) is 19.2. The lowest BCUT2D eigenvalue weighted by Crippen LogP contribution is -2.03. The molecule has 124 valence electrons. The molecule has 1 heterocycles. The van der Waals surface area contributed by atoms with E-state index in [9.17, 15) is 19.8 Å². The largest absolute Gasteiger partial charge is 0.508 e. The monoisotopic (exact) mass is 320 g/mol. The van der Waals surface area contributed by atoms with Gasteiger partial charge in [0.05, 0.1) is 7.11 Å². The zero-order valence-electron chi connectivity index (χ0n) is 13.0. The van der Waals surface area contributed by atoms with E-state index in [1.54, 1.807) is 0 Å². The van der Waals surface area contributed by atoms with Crippen molar-refractivity contribution in [2.24, 2.45) is 0 Å². The predicted molar refractivity (Wildman–Crippen MR) is 84.6 cm³/mol. The third kappa shape index (κ3) is 4.48. The molecule has 2 N–H and O–H groups in total. The Hall–Kier alpha value is -2.50. The van der Waals surface area contributed by atoms with Gasteiger partial charge in [-0.15, -0.1) is 0 Å². The second-order valence-corrected chi connectivity index (χ2v) is 5.41. The zero-order valence-corrected chi connectivity index (χ0v) is 13.0. The van der Waals surface area contributed by atoms with Crippen LogP contribution in [0.1, 0.15) is 37.9 Å². The molecule has 0 bridgehead atoms. The molecule has 2 rings (SSSR count). The smallest absolute Gasteiger partial charge is 0.305 e. The standard InChI is InChI=1S/C17H20O6/c1-22-16(21)7-5-3-2-4-6-12-10-14(20)17-13(19)8-11(18)9-15(17)23-12/h8-10,18-19H,2-7H2,1H3. The maximum atomic E-state index is 12.0. The van der Waals surface area contributed by atoms with Crippen molar-refractivity contribution in [2.75, 3.05) is 7.11 Å². The molecule has 0 saturated heterocycles. The summed E-state index contributed by atoms with van der Waals surface area (Å²) in [6, 6.07) is 3.80. The number of hydrogen-bond donors (Lipinski definition) is 2. The average Bonchev–Trinajstić information content (AvgIpc) is 2.49. The van der Waals surface area contributed by atoms with E-state index >= 15 is 0 Å². The van der Waals surface area contributed by atoms with Crippen molar-refractivity contribution >= 4 is 16.9 Å². The van der Waals surface area contributed by atoms with Crippen LogP contribution in [0.2, 0.25) is 0 Å². The minimum atomic E-state index is -0.329. The van der Waals surface area contributed by atoms with Gasteiger partial charge in [0.1, 0.15) is 28.2 Å². The molecule has 0 radical (unpaired) electrons. The minimum Gasteiger partial charge on any atom is -0.508 e. The number of phenolic OH excluding ortho intramolecular Hbond substituents is 2. The zero-order chi connectivity index (χ0) is 16.8. The van der Waals surface area contributed by atoms with Gasteiger partial charge in [0, 0.05) is 31.0 Å². The van der Waals surface area contributed by atoms with Crippen molar-refractivity contribution in [3.63, 3.8) is 0 Å². The van der Waals surface area contributed by atoms with Crippen LogP contribution in [0, 0.1) is 0 Å². The van der Waals surface area contributed by atoms with E-state index in [0.29, 0.717) is 18.6 Å². The Morgan fingerprint density at radius 3 is 2.61 bits per heavy atom. The van der Waals surface area contributed by atoms with E-state index in [2.05, 4.69) is 4.74 Å². The Balaban J connectivity index is 1.94. The Morgan fingerprint density at radius 1 is 1.13 bits per heavy atom. The number of aromatic hydroxyl groups is 2. The van der Waals surface area contributed by atoms with Crippen LogP contribution in [0.5, 0.6) is 11.5 Å². The molecule has 1 aromatic carbocycles. The number of rotatable bonds is 7. The highest BCUT2D eigenvalue weighted by molar-refractivity contribution is 5.84. The van der Waals surface area contributed by atoms with Gasteiger partial charge in [-0.2, -0.15) is 0 Å². The van der Waals surface area contributed by atoms with Crippen LogP contribution in [-0.4, -0.2) is 23.3 Å². The van der Waals surface area contributed by atoms with Gasteiger partial charge in [-0.1, -0.05) is 12.8 Å². The highest BCUT2D eigenvalue weighted by Crippen LogP contribution is 2.28. The number of carbonyl (C=O) groups is 1. The minimum absolute atomic E-state index is 0.0737. The lowest BCUT2D eigenvalue weighted by Gasteiger charge is -2.05. The fourth-order valence-corrected chi connectivity index (χ4v) is 2.45. The Kier molecular flexibility index (Phi) is 5.62. The number of carbonyl (C=O) groups excluding carboxylic acids is 1. The van der Waals surface area contributed by atoms with Crippen LogP contribution in [0.25, 0.3) is 11.0 Å². The van der Waals surface area contributed by atoms with Gasteiger partial charge < -0.3 is 19.4 Å². The second kappa shape index (κ2) is 7.67. The fraction of sp³-hybridized carbons (Fsp3) is 0.412. The molecule has 2 aromatic rings. The second-order valence-electron chi connectivity index (χ2n) is 5.41. The van der Waals surface area contributed by atoms with Gasteiger partial charge in [-0.3, -0.25) is 9.59 Å². The Labute approximate surface area is 133 Å². The number of aryl methyl sites for hydroxylation is 1. The van der Waals surface area contributed by atoms with Gasteiger partial charge in [0.25, 0.3) is 0 Å². The van der Waals surface area contributed by atoms with Crippen molar-refractivity contribution in [2.45, 2.75) is 38.5 Å². The molecule has 6 heteroatoms. The highest BCUT2D eigenvalue weighted by Gasteiger charge is 2.10. The molecule has 6 nitrogen and oxygen atoms in total. The first kappa shape index (κ1) is 16.9. The SMILES string of the molecule is COC(=O)CCCCCCc1cc(=O)c2c(O)cc(O)cc2o1. The van der Waals surface area contributed by atoms with E-state index < -0.39 is 0 Å². The van der Waals surface area contributed by atoms with E-state index in [4.69, 9.17) is 4.42 Å². The number of hydrogen-bond acceptors (Lipinski definition) is 6. The number of fused-ring (bicyclic) bond motifs is 1. The Morgan fingerprint density at radius 2 is 1.87 bits per heavy atom. The number of methoxy groups -OCH3 is 1. The number of ether oxygens (including phenoxy) is 1. The summed E-state index contributed by atoms with van der Waals surface area (Å²) in [5.74, 6) is -0.133. The molecule has 1 aromatic heterocycles. The van der Waals surface area contributed by atoms with Crippen molar-refractivity contribution < 1.29 is 24.2 Å². The fourth-order valence-electron chi connectivity index (χ4n) is 2.45. The molecule has 0 spiro atoms. The lowest BCUT2D eigenvalue weighted by atomic mass is 10.1. The molecule has 0 fully saturated rings. The van der Waals surface area contributed by atoms with Gasteiger partial charge in [0.15, 0.2) is 5.43 Å². The van der Waals surface area contributed by atoms with Crippen molar-refractivity contribution in [1.29, 1.82) is 0 Å². The van der Waals surface area contributed by atoms with Gasteiger partial charge in [-0.05, 0) is 12.8 Å². The summed E-state index contributed by atoms with van der Waals surface area (Å²) in [5.41, 5.74) is -0.153. The first-order valence-corrected chi connectivity index (χ1v) is 7.57. The topological polar surface area (TPSA) is 97.0 Å². The van der Waals surface area contributed by atoms with E-state index in [1.165, 1.54) is 19.2 Å². The van der Waals surface area contributed by atoms with Crippen LogP contribution in [0.15, 0.2) is 27.4 Å². The first-order chi connectivity index (χ1) is 11.0. The molecule has 0 aliphatic heterocycles. The van der Waals surface area contributed by atoms with Gasteiger partial charge in [-0.25, -0.2) is 0 Å². The quantitative estimate of drug-likeness (QED) is 0.601. The maximum absolute atomic E-state index is 12.0. The summed E-state index contributed by atoms with van der Waals surface area (Å²) in [6.45, 7) is 0. The third-order valence-corrected chi connectivity index (χ3v) is 3.63. The molecular weight excluding hydrogens is 300 g/mol. The summed E-state index contributed by atoms with van der Waals surface area (Å²) < 4.78 is 10.1. The summed E-state index contributed by atoms with van der Waals surface area (Å²) >= 11 is 0. The van der Waals surface area contributed by atoms with Crippen LogP contribution < -0.4 is 5.43 Å². The molecule has 0 aliphatic rings. The summed E-state index contributed by atoms with van der Waals surface area (Å²) in [4.78, 5) is 23.0. The predicted octanol–water partition coefficient (Wildman–Crippen LogP) is 2.87. The maximum Gasteiger partial charge on any atom is 0.305 e.